The average Bonchev–Trinajstić information content (AvgIpc) is 3.15. The average molecular weight is 461 g/mol. The molecule has 11 heteroatoms. The quantitative estimate of drug-likeness (QED) is 0.453. The first-order valence-corrected chi connectivity index (χ1v) is 12.0. The fourth-order valence-electron chi connectivity index (χ4n) is 3.59. The maximum atomic E-state index is 12.9. The lowest BCUT2D eigenvalue weighted by molar-refractivity contribution is -0.384. The van der Waals surface area contributed by atoms with Crippen LogP contribution in [0.25, 0.3) is 10.2 Å². The summed E-state index contributed by atoms with van der Waals surface area (Å²) in [5.41, 5.74) is 0.785. The molecule has 1 aromatic heterocycles. The zero-order valence-electron chi connectivity index (χ0n) is 16.6. The lowest BCUT2D eigenvalue weighted by atomic mass is 10.1. The Hall–Kier alpha value is -2.89. The number of rotatable bonds is 5. The van der Waals surface area contributed by atoms with Gasteiger partial charge in [0.2, 0.25) is 10.0 Å². The van der Waals surface area contributed by atoms with Crippen LogP contribution in [0.3, 0.4) is 0 Å². The first-order valence-electron chi connectivity index (χ1n) is 9.74. The van der Waals surface area contributed by atoms with Crippen molar-refractivity contribution in [1.29, 1.82) is 0 Å². The van der Waals surface area contributed by atoms with E-state index in [2.05, 4.69) is 10.3 Å². The van der Waals surface area contributed by atoms with Crippen molar-refractivity contribution in [3.63, 3.8) is 0 Å². The molecule has 2 heterocycles. The number of anilines is 1. The first kappa shape index (κ1) is 21.3. The van der Waals surface area contributed by atoms with E-state index in [-0.39, 0.29) is 22.2 Å². The Morgan fingerprint density at radius 1 is 1.23 bits per heavy atom. The van der Waals surface area contributed by atoms with Crippen molar-refractivity contribution in [2.45, 2.75) is 37.1 Å². The molecule has 4 rings (SSSR count). The number of fused-ring (bicyclic) bond motifs is 1. The summed E-state index contributed by atoms with van der Waals surface area (Å²) in [6.45, 7) is 2.41. The summed E-state index contributed by atoms with van der Waals surface area (Å²) in [6.07, 6.45) is 2.70. The third-order valence-electron chi connectivity index (χ3n) is 5.27. The van der Waals surface area contributed by atoms with Gasteiger partial charge in [0.15, 0.2) is 5.13 Å². The summed E-state index contributed by atoms with van der Waals surface area (Å²) in [7, 11) is -3.60. The van der Waals surface area contributed by atoms with E-state index in [1.165, 1.54) is 46.8 Å². The van der Waals surface area contributed by atoms with Gasteiger partial charge in [-0.3, -0.25) is 20.2 Å². The predicted octanol–water partition coefficient (Wildman–Crippen LogP) is 4.02. The number of non-ortho nitro benzene ring substituents is 1. The van der Waals surface area contributed by atoms with Crippen LogP contribution in [0, 0.1) is 10.1 Å². The topological polar surface area (TPSA) is 123 Å². The van der Waals surface area contributed by atoms with Crippen molar-refractivity contribution >= 4 is 48.3 Å². The van der Waals surface area contributed by atoms with Crippen LogP contribution in [0.2, 0.25) is 0 Å². The molecule has 0 spiro atoms. The van der Waals surface area contributed by atoms with Gasteiger partial charge >= 0.3 is 0 Å². The lowest BCUT2D eigenvalue weighted by Gasteiger charge is -2.32. The standard InChI is InChI=1S/C20H20N4O5S2/c1-13-4-2-3-11-23(13)31(28,29)16-8-5-14(6-9-16)19(25)22-20-21-17-10-7-15(24(26)27)12-18(17)30-20/h5-10,12-13H,2-4,11H2,1H3,(H,21,22,25). The number of hydrogen-bond donors (Lipinski definition) is 1. The molecule has 1 atom stereocenters. The van der Waals surface area contributed by atoms with Gasteiger partial charge in [0.1, 0.15) is 0 Å². The van der Waals surface area contributed by atoms with Crippen LogP contribution in [0.5, 0.6) is 0 Å². The number of carbonyl (C=O) groups excluding carboxylic acids is 1. The summed E-state index contributed by atoms with van der Waals surface area (Å²) in [5.74, 6) is -0.441. The molecule has 2 aromatic carbocycles. The Bertz CT molecular complexity index is 1250. The van der Waals surface area contributed by atoms with E-state index in [9.17, 15) is 23.3 Å². The molecule has 0 bridgehead atoms. The minimum absolute atomic E-state index is 0.0448. The summed E-state index contributed by atoms with van der Waals surface area (Å²) < 4.78 is 27.9. The number of piperidine rings is 1. The fourth-order valence-corrected chi connectivity index (χ4v) is 6.19. The van der Waals surface area contributed by atoms with E-state index in [1.54, 1.807) is 0 Å². The highest BCUT2D eigenvalue weighted by atomic mass is 32.2. The summed E-state index contributed by atoms with van der Waals surface area (Å²) in [5, 5.41) is 13.9. The van der Waals surface area contributed by atoms with Gasteiger partial charge in [-0.1, -0.05) is 17.8 Å². The van der Waals surface area contributed by atoms with Crippen LogP contribution < -0.4 is 5.32 Å². The first-order chi connectivity index (χ1) is 14.8. The normalized spacial score (nSPS) is 17.5. The molecule has 0 aliphatic carbocycles. The molecule has 1 unspecified atom stereocenters. The number of nitro groups is 1. The molecule has 3 aromatic rings. The van der Waals surface area contributed by atoms with Crippen molar-refractivity contribution in [3.05, 3.63) is 58.1 Å². The molecule has 0 saturated carbocycles. The summed E-state index contributed by atoms with van der Waals surface area (Å²) in [4.78, 5) is 27.4. The Morgan fingerprint density at radius 2 is 1.97 bits per heavy atom. The summed E-state index contributed by atoms with van der Waals surface area (Å²) >= 11 is 1.13. The van der Waals surface area contributed by atoms with Crippen molar-refractivity contribution in [2.24, 2.45) is 0 Å². The lowest BCUT2D eigenvalue weighted by Crippen LogP contribution is -2.41. The monoisotopic (exact) mass is 460 g/mol. The highest BCUT2D eigenvalue weighted by Crippen LogP contribution is 2.30. The number of sulfonamides is 1. The van der Waals surface area contributed by atoms with Crippen molar-refractivity contribution in [1.82, 2.24) is 9.29 Å². The third-order valence-corrected chi connectivity index (χ3v) is 8.23. The molecule has 1 N–H and O–H groups in total. The third kappa shape index (κ3) is 4.29. The minimum Gasteiger partial charge on any atom is -0.298 e. The second-order valence-corrected chi connectivity index (χ2v) is 10.3. The highest BCUT2D eigenvalue weighted by molar-refractivity contribution is 7.89. The second kappa shape index (κ2) is 8.33. The number of thiazole rings is 1. The van der Waals surface area contributed by atoms with E-state index < -0.39 is 20.9 Å². The number of carbonyl (C=O) groups is 1. The number of nitro benzene ring substituents is 1. The molecular formula is C20H20N4O5S2. The number of benzene rings is 2. The van der Waals surface area contributed by atoms with Gasteiger partial charge in [0.05, 0.1) is 20.0 Å². The molecule has 162 valence electrons. The molecule has 1 amide bonds. The molecule has 9 nitrogen and oxygen atoms in total. The van der Waals surface area contributed by atoms with Crippen molar-refractivity contribution in [3.8, 4) is 0 Å². The van der Waals surface area contributed by atoms with E-state index >= 15 is 0 Å². The second-order valence-electron chi connectivity index (χ2n) is 7.37. The van der Waals surface area contributed by atoms with Gasteiger partial charge in [0, 0.05) is 30.3 Å². The Kier molecular flexibility index (Phi) is 5.73. The molecule has 0 radical (unpaired) electrons. The van der Waals surface area contributed by atoms with Gasteiger partial charge in [0.25, 0.3) is 11.6 Å². The molecule has 1 aliphatic heterocycles. The highest BCUT2D eigenvalue weighted by Gasteiger charge is 2.31. The number of hydrogen-bond acceptors (Lipinski definition) is 7. The SMILES string of the molecule is CC1CCCCN1S(=O)(=O)c1ccc(C(=O)Nc2nc3ccc([N+](=O)[O-])cc3s2)cc1. The Balaban J connectivity index is 1.51. The van der Waals surface area contributed by atoms with Crippen LogP contribution in [0.1, 0.15) is 36.5 Å². The Morgan fingerprint density at radius 3 is 2.65 bits per heavy atom. The smallest absolute Gasteiger partial charge is 0.270 e. The minimum atomic E-state index is -3.60. The van der Waals surface area contributed by atoms with Crippen molar-refractivity contribution < 1.29 is 18.1 Å². The summed E-state index contributed by atoms with van der Waals surface area (Å²) in [6, 6.07) is 10.1. The predicted molar refractivity (Wildman–Crippen MR) is 118 cm³/mol. The number of aromatic nitrogens is 1. The number of nitrogens with one attached hydrogen (secondary N) is 1. The van der Waals surface area contributed by atoms with E-state index in [1.807, 2.05) is 6.92 Å². The van der Waals surface area contributed by atoms with Gasteiger partial charge < -0.3 is 0 Å². The Labute approximate surface area is 182 Å². The van der Waals surface area contributed by atoms with Crippen LogP contribution in [-0.2, 0) is 10.0 Å². The zero-order chi connectivity index (χ0) is 22.2. The molecule has 1 saturated heterocycles. The van der Waals surface area contributed by atoms with Crippen LogP contribution in [0.4, 0.5) is 10.8 Å². The molecule has 31 heavy (non-hydrogen) atoms. The molecule has 1 fully saturated rings. The van der Waals surface area contributed by atoms with E-state index in [4.69, 9.17) is 0 Å². The van der Waals surface area contributed by atoms with Crippen molar-refractivity contribution in [2.75, 3.05) is 11.9 Å². The van der Waals surface area contributed by atoms with Gasteiger partial charge in [-0.15, -0.1) is 0 Å². The van der Waals surface area contributed by atoms with Crippen LogP contribution >= 0.6 is 11.3 Å². The number of nitrogens with zero attached hydrogens (tertiary/aromatic N) is 3. The maximum Gasteiger partial charge on any atom is 0.270 e. The van der Waals surface area contributed by atoms with E-state index in [0.29, 0.717) is 21.9 Å². The van der Waals surface area contributed by atoms with Gasteiger partial charge in [-0.25, -0.2) is 13.4 Å². The fraction of sp³-hybridized carbons (Fsp3) is 0.300. The number of amides is 1. The van der Waals surface area contributed by atoms with Crippen LogP contribution in [0.15, 0.2) is 47.4 Å². The largest absolute Gasteiger partial charge is 0.298 e. The van der Waals surface area contributed by atoms with Gasteiger partial charge in [-0.05, 0) is 50.1 Å². The van der Waals surface area contributed by atoms with Crippen LogP contribution in [-0.4, -0.2) is 41.1 Å². The maximum absolute atomic E-state index is 12.9. The van der Waals surface area contributed by atoms with Gasteiger partial charge in [-0.2, -0.15) is 4.31 Å². The molecular weight excluding hydrogens is 440 g/mol. The molecule has 1 aliphatic rings. The van der Waals surface area contributed by atoms with E-state index in [0.717, 1.165) is 30.6 Å². The zero-order valence-corrected chi connectivity index (χ0v) is 18.3.